The highest BCUT2D eigenvalue weighted by Gasteiger charge is 2.15. The van der Waals surface area contributed by atoms with Crippen molar-refractivity contribution in [2.45, 2.75) is 38.7 Å². The first-order chi connectivity index (χ1) is 10.6. The maximum Gasteiger partial charge on any atom is 0.220 e. The summed E-state index contributed by atoms with van der Waals surface area (Å²) in [5, 5.41) is 6.87. The molecule has 5 heteroatoms. The monoisotopic (exact) mass is 324 g/mol. The zero-order valence-corrected chi connectivity index (χ0v) is 13.9. The molecule has 1 amide bonds. The van der Waals surface area contributed by atoms with Crippen LogP contribution in [0.3, 0.4) is 0 Å². The van der Waals surface area contributed by atoms with Gasteiger partial charge in [0.15, 0.2) is 0 Å². The van der Waals surface area contributed by atoms with Gasteiger partial charge in [0.25, 0.3) is 0 Å². The van der Waals surface area contributed by atoms with E-state index >= 15 is 0 Å². The standard InChI is InChI=1S/C17H25ClN2O2/c1-13(22-16-5-3-2-4-15(16)18)12-20-17(21)7-6-14-8-10-19-11-9-14/h2-5,13-14,19H,6-12H2,1H3,(H,20,21). The highest BCUT2D eigenvalue weighted by atomic mass is 35.5. The Morgan fingerprint density at radius 2 is 2.14 bits per heavy atom. The molecular weight excluding hydrogens is 300 g/mol. The molecule has 1 fully saturated rings. The SMILES string of the molecule is CC(CNC(=O)CCC1CCNCC1)Oc1ccccc1Cl. The third kappa shape index (κ3) is 5.85. The van der Waals surface area contributed by atoms with Gasteiger partial charge in [0, 0.05) is 6.42 Å². The van der Waals surface area contributed by atoms with Gasteiger partial charge in [-0.2, -0.15) is 0 Å². The Labute approximate surface area is 137 Å². The second-order valence-corrected chi connectivity index (χ2v) is 6.30. The average molecular weight is 325 g/mol. The minimum absolute atomic E-state index is 0.105. The van der Waals surface area contributed by atoms with Gasteiger partial charge < -0.3 is 15.4 Å². The van der Waals surface area contributed by atoms with E-state index < -0.39 is 0 Å². The lowest BCUT2D eigenvalue weighted by atomic mass is 9.93. The van der Waals surface area contributed by atoms with Crippen molar-refractivity contribution in [3.63, 3.8) is 0 Å². The molecule has 0 aromatic heterocycles. The molecule has 122 valence electrons. The molecule has 1 aromatic rings. The van der Waals surface area contributed by atoms with Gasteiger partial charge in [-0.1, -0.05) is 23.7 Å². The minimum atomic E-state index is -0.109. The van der Waals surface area contributed by atoms with E-state index in [1.54, 1.807) is 6.07 Å². The molecule has 22 heavy (non-hydrogen) atoms. The van der Waals surface area contributed by atoms with E-state index in [-0.39, 0.29) is 12.0 Å². The largest absolute Gasteiger partial charge is 0.487 e. The van der Waals surface area contributed by atoms with Crippen molar-refractivity contribution < 1.29 is 9.53 Å². The van der Waals surface area contributed by atoms with Crippen molar-refractivity contribution in [2.24, 2.45) is 5.92 Å². The molecule has 2 rings (SSSR count). The van der Waals surface area contributed by atoms with Crippen molar-refractivity contribution in [1.82, 2.24) is 10.6 Å². The van der Waals surface area contributed by atoms with Gasteiger partial charge in [-0.3, -0.25) is 4.79 Å². The summed E-state index contributed by atoms with van der Waals surface area (Å²) >= 11 is 6.05. The van der Waals surface area contributed by atoms with E-state index in [4.69, 9.17) is 16.3 Å². The Bertz CT molecular complexity index is 475. The van der Waals surface area contributed by atoms with Crippen LogP contribution in [-0.2, 0) is 4.79 Å². The van der Waals surface area contributed by atoms with Gasteiger partial charge in [0.05, 0.1) is 11.6 Å². The molecule has 1 atom stereocenters. The maximum absolute atomic E-state index is 11.9. The van der Waals surface area contributed by atoms with E-state index in [2.05, 4.69) is 10.6 Å². The first kappa shape index (κ1) is 17.1. The van der Waals surface area contributed by atoms with Crippen LogP contribution in [0, 0.1) is 5.92 Å². The van der Waals surface area contributed by atoms with Crippen LogP contribution < -0.4 is 15.4 Å². The zero-order valence-electron chi connectivity index (χ0n) is 13.1. The number of benzene rings is 1. The van der Waals surface area contributed by atoms with Crippen LogP contribution in [0.15, 0.2) is 24.3 Å². The number of hydrogen-bond acceptors (Lipinski definition) is 3. The molecule has 1 aliphatic rings. The molecule has 1 saturated heterocycles. The molecule has 1 aromatic carbocycles. The fourth-order valence-electron chi connectivity index (χ4n) is 2.65. The van der Waals surface area contributed by atoms with Crippen LogP contribution in [0.2, 0.25) is 5.02 Å². The Balaban J connectivity index is 1.64. The summed E-state index contributed by atoms with van der Waals surface area (Å²) in [4.78, 5) is 11.9. The lowest BCUT2D eigenvalue weighted by Gasteiger charge is -2.22. The predicted octanol–water partition coefficient (Wildman–Crippen LogP) is 3.00. The number of nitrogens with one attached hydrogen (secondary N) is 2. The maximum atomic E-state index is 11.9. The number of carbonyl (C=O) groups excluding carboxylic acids is 1. The molecule has 0 spiro atoms. The molecular formula is C17H25ClN2O2. The van der Waals surface area contributed by atoms with Gasteiger partial charge in [0.2, 0.25) is 5.91 Å². The van der Waals surface area contributed by atoms with E-state index in [0.717, 1.165) is 19.5 Å². The van der Waals surface area contributed by atoms with Crippen LogP contribution >= 0.6 is 11.6 Å². The third-order valence-electron chi connectivity index (χ3n) is 3.99. The molecule has 1 unspecified atom stereocenters. The molecule has 0 radical (unpaired) electrons. The van der Waals surface area contributed by atoms with Crippen molar-refractivity contribution in [3.8, 4) is 5.75 Å². The highest BCUT2D eigenvalue weighted by molar-refractivity contribution is 6.32. The second-order valence-electron chi connectivity index (χ2n) is 5.90. The summed E-state index contributed by atoms with van der Waals surface area (Å²) in [6.07, 6.45) is 3.83. The lowest BCUT2D eigenvalue weighted by molar-refractivity contribution is -0.121. The Hall–Kier alpha value is -1.26. The van der Waals surface area contributed by atoms with Crippen LogP contribution in [0.25, 0.3) is 0 Å². The molecule has 4 nitrogen and oxygen atoms in total. The van der Waals surface area contributed by atoms with Crippen LogP contribution in [0.5, 0.6) is 5.75 Å². The average Bonchev–Trinajstić information content (AvgIpc) is 2.54. The summed E-state index contributed by atoms with van der Waals surface area (Å²) in [6, 6.07) is 7.37. The Morgan fingerprint density at radius 3 is 2.86 bits per heavy atom. The number of para-hydroxylation sites is 1. The fraction of sp³-hybridized carbons (Fsp3) is 0.588. The number of amides is 1. The normalized spacial score (nSPS) is 17.0. The van der Waals surface area contributed by atoms with Crippen LogP contribution in [-0.4, -0.2) is 31.6 Å². The van der Waals surface area contributed by atoms with Crippen molar-refractivity contribution >= 4 is 17.5 Å². The number of ether oxygens (including phenoxy) is 1. The number of halogens is 1. The quantitative estimate of drug-likeness (QED) is 0.810. The van der Waals surface area contributed by atoms with Gasteiger partial charge >= 0.3 is 0 Å². The van der Waals surface area contributed by atoms with Gasteiger partial charge in [-0.15, -0.1) is 0 Å². The van der Waals surface area contributed by atoms with Crippen LogP contribution in [0.4, 0.5) is 0 Å². The van der Waals surface area contributed by atoms with Crippen molar-refractivity contribution in [2.75, 3.05) is 19.6 Å². The van der Waals surface area contributed by atoms with Crippen molar-refractivity contribution in [3.05, 3.63) is 29.3 Å². The topological polar surface area (TPSA) is 50.4 Å². The summed E-state index contributed by atoms with van der Waals surface area (Å²) in [7, 11) is 0. The molecule has 1 aliphatic heterocycles. The van der Waals surface area contributed by atoms with Gasteiger partial charge in [-0.25, -0.2) is 0 Å². The van der Waals surface area contributed by atoms with Crippen molar-refractivity contribution in [1.29, 1.82) is 0 Å². The highest BCUT2D eigenvalue weighted by Crippen LogP contribution is 2.24. The predicted molar refractivity (Wildman–Crippen MR) is 89.4 cm³/mol. The Morgan fingerprint density at radius 1 is 1.41 bits per heavy atom. The van der Waals surface area contributed by atoms with E-state index in [9.17, 15) is 4.79 Å². The summed E-state index contributed by atoms with van der Waals surface area (Å²) in [6.45, 7) is 4.58. The van der Waals surface area contributed by atoms with E-state index in [1.165, 1.54) is 12.8 Å². The minimum Gasteiger partial charge on any atom is -0.487 e. The smallest absolute Gasteiger partial charge is 0.220 e. The van der Waals surface area contributed by atoms with Crippen LogP contribution in [0.1, 0.15) is 32.6 Å². The fourth-order valence-corrected chi connectivity index (χ4v) is 2.83. The molecule has 2 N–H and O–H groups in total. The van der Waals surface area contributed by atoms with E-state index in [1.807, 2.05) is 25.1 Å². The summed E-state index contributed by atoms with van der Waals surface area (Å²) in [5.41, 5.74) is 0. The molecule has 1 heterocycles. The Kier molecular flexibility index (Phi) is 7.00. The summed E-state index contributed by atoms with van der Waals surface area (Å²) in [5.74, 6) is 1.44. The number of rotatable bonds is 7. The van der Waals surface area contributed by atoms with E-state index in [0.29, 0.717) is 29.7 Å². The number of carbonyl (C=O) groups is 1. The number of piperidine rings is 1. The number of hydrogen-bond donors (Lipinski definition) is 2. The zero-order chi connectivity index (χ0) is 15.8. The molecule has 0 aliphatic carbocycles. The van der Waals surface area contributed by atoms with Gasteiger partial charge in [0.1, 0.15) is 11.9 Å². The van der Waals surface area contributed by atoms with Gasteiger partial charge in [-0.05, 0) is 57.3 Å². The first-order valence-corrected chi connectivity index (χ1v) is 8.41. The summed E-state index contributed by atoms with van der Waals surface area (Å²) < 4.78 is 5.74. The first-order valence-electron chi connectivity index (χ1n) is 8.03. The lowest BCUT2D eigenvalue weighted by Crippen LogP contribution is -2.34. The molecule has 0 bridgehead atoms. The third-order valence-corrected chi connectivity index (χ3v) is 4.30. The molecule has 0 saturated carbocycles. The second kappa shape index (κ2) is 9.01.